The number of carbonyl (C=O) groups excluding carboxylic acids is 2. The zero-order chi connectivity index (χ0) is 37.3. The molecule has 54 heavy (non-hydrogen) atoms. The van der Waals surface area contributed by atoms with Gasteiger partial charge in [0.1, 0.15) is 0 Å². The molecule has 0 bridgehead atoms. The summed E-state index contributed by atoms with van der Waals surface area (Å²) in [5.41, 5.74) is 4.32. The van der Waals surface area contributed by atoms with E-state index in [-0.39, 0.29) is 12.1 Å². The number of piperidine rings is 2. The molecule has 3 aliphatic carbocycles. The summed E-state index contributed by atoms with van der Waals surface area (Å²) >= 11 is 0. The summed E-state index contributed by atoms with van der Waals surface area (Å²) in [6, 6.07) is 17.8. The van der Waals surface area contributed by atoms with Gasteiger partial charge in [0.25, 0.3) is 0 Å². The quantitative estimate of drug-likeness (QED) is 0.255. The molecule has 5 fully saturated rings. The fraction of sp³-hybridized carbons (Fsp3) is 0.696. The van der Waals surface area contributed by atoms with E-state index in [1.807, 2.05) is 0 Å². The van der Waals surface area contributed by atoms with Crippen molar-refractivity contribution in [1.29, 1.82) is 0 Å². The van der Waals surface area contributed by atoms with Gasteiger partial charge in [0, 0.05) is 74.1 Å². The van der Waals surface area contributed by atoms with Gasteiger partial charge < -0.3 is 30.2 Å². The summed E-state index contributed by atoms with van der Waals surface area (Å²) in [5, 5.41) is 6.62. The van der Waals surface area contributed by atoms with Crippen LogP contribution in [-0.2, 0) is 0 Å². The van der Waals surface area contributed by atoms with Crippen molar-refractivity contribution in [2.75, 3.05) is 59.7 Å². The van der Waals surface area contributed by atoms with E-state index < -0.39 is 0 Å². The Balaban J connectivity index is 0.952. The maximum Gasteiger partial charge on any atom is 0.322 e. The molecule has 5 aliphatic rings. The molecule has 8 nitrogen and oxygen atoms in total. The van der Waals surface area contributed by atoms with Gasteiger partial charge in [0.05, 0.1) is 0 Å². The number of rotatable bonds is 10. The molecule has 0 aromatic heterocycles. The predicted molar refractivity (Wildman–Crippen MR) is 225 cm³/mol. The molecule has 0 radical (unpaired) electrons. The second-order valence-electron chi connectivity index (χ2n) is 18.1. The smallest absolute Gasteiger partial charge is 0.322 e. The third-order valence-corrected chi connectivity index (χ3v) is 13.9. The minimum atomic E-state index is 0.0701. The average Bonchev–Trinajstić information content (AvgIpc) is 3.21. The first kappa shape index (κ1) is 38.8. The minimum Gasteiger partial charge on any atom is -0.372 e. The second kappa shape index (κ2) is 18.9. The van der Waals surface area contributed by atoms with Crippen LogP contribution in [0.4, 0.5) is 32.3 Å². The van der Waals surface area contributed by atoms with Crippen LogP contribution in [0.2, 0.25) is 0 Å². The zero-order valence-electron chi connectivity index (χ0n) is 33.7. The lowest BCUT2D eigenvalue weighted by Gasteiger charge is -2.41. The molecule has 2 saturated heterocycles. The largest absolute Gasteiger partial charge is 0.372 e. The first-order chi connectivity index (χ1) is 26.4. The summed E-state index contributed by atoms with van der Waals surface area (Å²) in [5.74, 6) is 2.50. The van der Waals surface area contributed by atoms with Crippen LogP contribution in [0.5, 0.6) is 0 Å². The number of urea groups is 2. The Morgan fingerprint density at radius 2 is 0.833 bits per heavy atom. The monoisotopic (exact) mass is 739 g/mol. The highest BCUT2D eigenvalue weighted by Crippen LogP contribution is 2.36. The van der Waals surface area contributed by atoms with Gasteiger partial charge in [-0.1, -0.05) is 13.8 Å². The van der Waals surface area contributed by atoms with Crippen molar-refractivity contribution in [3.63, 3.8) is 0 Å². The van der Waals surface area contributed by atoms with Crippen molar-refractivity contribution < 1.29 is 9.59 Å². The molecule has 8 heteroatoms. The summed E-state index contributed by atoms with van der Waals surface area (Å²) in [7, 11) is 0. The van der Waals surface area contributed by atoms with Crippen molar-refractivity contribution in [3.8, 4) is 0 Å². The van der Waals surface area contributed by atoms with E-state index in [0.29, 0.717) is 23.9 Å². The van der Waals surface area contributed by atoms with E-state index >= 15 is 0 Å². The fourth-order valence-electron chi connectivity index (χ4n) is 10.3. The van der Waals surface area contributed by atoms with E-state index in [1.54, 1.807) is 0 Å². The number of hydrogen-bond acceptors (Lipinski definition) is 4. The Morgan fingerprint density at radius 1 is 0.500 bits per heavy atom. The van der Waals surface area contributed by atoms with Gasteiger partial charge in [-0.05, 0) is 188 Å². The van der Waals surface area contributed by atoms with Crippen LogP contribution in [0.3, 0.4) is 0 Å². The molecule has 2 N–H and O–H groups in total. The first-order valence-corrected chi connectivity index (χ1v) is 22.2. The van der Waals surface area contributed by atoms with Gasteiger partial charge in [-0.3, -0.25) is 0 Å². The molecular formula is C46H70N6O2. The van der Waals surface area contributed by atoms with Crippen molar-refractivity contribution in [1.82, 2.24) is 9.80 Å². The first-order valence-electron chi connectivity index (χ1n) is 22.2. The molecule has 2 aromatic carbocycles. The lowest BCUT2D eigenvalue weighted by Crippen LogP contribution is -2.48. The topological polar surface area (TPSA) is 71.2 Å². The Labute approximate surface area is 326 Å². The van der Waals surface area contributed by atoms with Gasteiger partial charge in [-0.2, -0.15) is 0 Å². The Hall–Kier alpha value is -3.42. The molecule has 7 rings (SSSR count). The number of carbonyl (C=O) groups is 2. The van der Waals surface area contributed by atoms with Gasteiger partial charge in [0.2, 0.25) is 0 Å². The molecule has 4 amide bonds. The van der Waals surface area contributed by atoms with E-state index in [1.165, 1.54) is 75.6 Å². The number of benzene rings is 2. The van der Waals surface area contributed by atoms with Crippen LogP contribution in [0.25, 0.3) is 0 Å². The summed E-state index contributed by atoms with van der Waals surface area (Å²) in [4.78, 5) is 37.4. The number of hydrogen-bond donors (Lipinski definition) is 2. The molecule has 2 aliphatic heterocycles. The molecule has 296 valence electrons. The third kappa shape index (κ3) is 10.5. The number of nitrogens with zero attached hydrogens (tertiary/aromatic N) is 4. The van der Waals surface area contributed by atoms with Crippen LogP contribution in [0.15, 0.2) is 48.5 Å². The van der Waals surface area contributed by atoms with Crippen LogP contribution in [0, 0.1) is 23.7 Å². The summed E-state index contributed by atoms with van der Waals surface area (Å²) in [6.45, 7) is 10.9. The lowest BCUT2D eigenvalue weighted by molar-refractivity contribution is 0.109. The van der Waals surface area contributed by atoms with Crippen LogP contribution in [0.1, 0.15) is 129 Å². The lowest BCUT2D eigenvalue weighted by atomic mass is 9.80. The van der Waals surface area contributed by atoms with E-state index in [4.69, 9.17) is 0 Å². The molecule has 0 atom stereocenters. The van der Waals surface area contributed by atoms with Crippen LogP contribution >= 0.6 is 0 Å². The summed E-state index contributed by atoms with van der Waals surface area (Å²) < 4.78 is 0. The van der Waals surface area contributed by atoms with Crippen molar-refractivity contribution in [3.05, 3.63) is 48.5 Å². The van der Waals surface area contributed by atoms with Gasteiger partial charge in [-0.25, -0.2) is 9.59 Å². The van der Waals surface area contributed by atoms with Crippen molar-refractivity contribution in [2.24, 2.45) is 23.7 Å². The van der Waals surface area contributed by atoms with Crippen molar-refractivity contribution >= 4 is 34.8 Å². The normalized spacial score (nSPS) is 27.9. The maximum absolute atomic E-state index is 14.0. The van der Waals surface area contributed by atoms with Crippen molar-refractivity contribution in [2.45, 2.75) is 142 Å². The number of amides is 4. The highest BCUT2D eigenvalue weighted by molar-refractivity contribution is 5.90. The molecular weight excluding hydrogens is 669 g/mol. The molecule has 0 spiro atoms. The van der Waals surface area contributed by atoms with E-state index in [0.717, 1.165) is 114 Å². The standard InChI is InChI=1S/C46H70N6O2/c1-35-9-21-43(22-10-35)51(45(53)47-39-17-25-41(26-18-39)49-29-5-3-6-30-49)33-37-13-15-38(16-14-37)34-52(44-23-11-36(2)12-24-44)46(54)48-40-19-27-42(28-20-40)50-31-7-4-8-32-50/h17-20,25-28,35-38,43-44H,3-16,21-24,29-34H2,1-2H3,(H,47,53)(H,48,54)/t35?,36?,37-,38-,43?,44?. The van der Waals surface area contributed by atoms with Crippen LogP contribution < -0.4 is 20.4 Å². The van der Waals surface area contributed by atoms with E-state index in [9.17, 15) is 9.59 Å². The highest BCUT2D eigenvalue weighted by atomic mass is 16.2. The fourth-order valence-corrected chi connectivity index (χ4v) is 10.3. The van der Waals surface area contributed by atoms with E-state index in [2.05, 4.69) is 92.6 Å². The van der Waals surface area contributed by atoms with Gasteiger partial charge in [-0.15, -0.1) is 0 Å². The number of nitrogens with one attached hydrogen (secondary N) is 2. The molecule has 3 saturated carbocycles. The van der Waals surface area contributed by atoms with Gasteiger partial charge >= 0.3 is 12.1 Å². The average molecular weight is 739 g/mol. The molecule has 0 unspecified atom stereocenters. The minimum absolute atomic E-state index is 0.0701. The Morgan fingerprint density at radius 3 is 1.17 bits per heavy atom. The third-order valence-electron chi connectivity index (χ3n) is 13.9. The molecule has 2 aromatic rings. The predicted octanol–water partition coefficient (Wildman–Crippen LogP) is 11.0. The maximum atomic E-state index is 14.0. The van der Waals surface area contributed by atoms with Gasteiger partial charge in [0.15, 0.2) is 0 Å². The molecule has 2 heterocycles. The number of anilines is 4. The zero-order valence-corrected chi connectivity index (χ0v) is 33.7. The Kier molecular flexibility index (Phi) is 13.6. The second-order valence-corrected chi connectivity index (χ2v) is 18.1. The summed E-state index contributed by atoms with van der Waals surface area (Å²) in [6.07, 6.45) is 21.4. The highest BCUT2D eigenvalue weighted by Gasteiger charge is 2.34. The SMILES string of the molecule is CC1CCC(N(C[C@H]2CC[C@H](CN(C(=O)Nc3ccc(N4CCCCC4)cc3)C3CCC(C)CC3)CC2)C(=O)Nc2ccc(N3CCCCC3)cc2)CC1. The van der Waals surface area contributed by atoms with Crippen LogP contribution in [-0.4, -0.2) is 73.2 Å². The Bertz CT molecular complexity index is 1330.